The molecule has 1 aliphatic heterocycles. The van der Waals surface area contributed by atoms with Crippen molar-refractivity contribution in [3.8, 4) is 5.75 Å². The number of aromatic nitrogens is 1. The average Bonchev–Trinajstić information content (AvgIpc) is 2.61. The molecule has 6 nitrogen and oxygen atoms in total. The maximum absolute atomic E-state index is 12.4. The Balaban J connectivity index is 2.13. The molecule has 0 fully saturated rings. The molecular formula is C18H17NO5S. The average molecular weight is 359 g/mol. The normalized spacial score (nSPS) is 16.1. The first kappa shape index (κ1) is 17.3. The van der Waals surface area contributed by atoms with E-state index in [1.165, 1.54) is 6.20 Å². The van der Waals surface area contributed by atoms with Crippen LogP contribution in [0.5, 0.6) is 5.75 Å². The summed E-state index contributed by atoms with van der Waals surface area (Å²) >= 11 is 1.60. The zero-order valence-corrected chi connectivity index (χ0v) is 14.6. The second-order valence-corrected chi connectivity index (χ2v) is 6.38. The Hall–Kier alpha value is -2.54. The van der Waals surface area contributed by atoms with E-state index < -0.39 is 17.9 Å². The molecule has 0 saturated carbocycles. The lowest BCUT2D eigenvalue weighted by Crippen LogP contribution is -2.30. The van der Waals surface area contributed by atoms with Gasteiger partial charge in [0.25, 0.3) is 5.56 Å². The molecule has 3 rings (SSSR count). The molecule has 1 N–H and O–H groups in total. The summed E-state index contributed by atoms with van der Waals surface area (Å²) in [5.41, 5.74) is 0.772. The summed E-state index contributed by atoms with van der Waals surface area (Å²) in [4.78, 5) is 40.2. The minimum absolute atomic E-state index is 0.00241. The zero-order chi connectivity index (χ0) is 18.0. The molecule has 25 heavy (non-hydrogen) atoms. The smallest absolute Gasteiger partial charge is 0.343 e. The Morgan fingerprint density at radius 3 is 2.68 bits per heavy atom. The van der Waals surface area contributed by atoms with Crippen LogP contribution in [0.4, 0.5) is 0 Å². The van der Waals surface area contributed by atoms with Crippen molar-refractivity contribution in [2.75, 3.05) is 12.9 Å². The molecule has 2 heterocycles. The summed E-state index contributed by atoms with van der Waals surface area (Å²) < 4.78 is 10.2. The molecule has 2 aromatic rings. The minimum Gasteiger partial charge on any atom is -0.462 e. The van der Waals surface area contributed by atoms with Gasteiger partial charge in [0.1, 0.15) is 5.56 Å². The Morgan fingerprint density at radius 1 is 1.32 bits per heavy atom. The van der Waals surface area contributed by atoms with Crippen LogP contribution in [-0.4, -0.2) is 29.8 Å². The summed E-state index contributed by atoms with van der Waals surface area (Å²) in [6.45, 7) is 1.86. The van der Waals surface area contributed by atoms with Gasteiger partial charge in [-0.15, -0.1) is 11.8 Å². The highest BCUT2D eigenvalue weighted by molar-refractivity contribution is 7.98. The van der Waals surface area contributed by atoms with Gasteiger partial charge in [-0.1, -0.05) is 12.1 Å². The molecule has 0 spiro atoms. The largest absolute Gasteiger partial charge is 0.462 e. The second-order valence-electron chi connectivity index (χ2n) is 5.50. The van der Waals surface area contributed by atoms with Crippen LogP contribution in [0.2, 0.25) is 0 Å². The van der Waals surface area contributed by atoms with E-state index in [2.05, 4.69) is 4.98 Å². The molecule has 0 saturated heterocycles. The number of nitrogens with one attached hydrogen (secondary N) is 1. The van der Waals surface area contributed by atoms with Gasteiger partial charge in [-0.05, 0) is 30.9 Å². The molecular weight excluding hydrogens is 342 g/mol. The van der Waals surface area contributed by atoms with E-state index >= 15 is 0 Å². The summed E-state index contributed by atoms with van der Waals surface area (Å²) in [5, 5.41) is 0. The fraction of sp³-hybridized carbons (Fsp3) is 0.278. The van der Waals surface area contributed by atoms with Crippen LogP contribution in [0.25, 0.3) is 0 Å². The fourth-order valence-electron chi connectivity index (χ4n) is 2.86. The van der Waals surface area contributed by atoms with E-state index in [4.69, 9.17) is 9.47 Å². The fourth-order valence-corrected chi connectivity index (χ4v) is 3.27. The summed E-state index contributed by atoms with van der Waals surface area (Å²) in [5.74, 6) is -1.59. The standard InChI is InChI=1S/C18H17NO5S/c1-3-23-18(22)13-9-19-17(21)15-12(8-14(20)24-16(13)15)10-4-6-11(25-2)7-5-10/h4-7,9,12H,3,8H2,1-2H3,(H,19,21)/t12-/m1/s1. The molecule has 0 amide bonds. The lowest BCUT2D eigenvalue weighted by Gasteiger charge is -2.25. The van der Waals surface area contributed by atoms with E-state index in [-0.39, 0.29) is 35.5 Å². The highest BCUT2D eigenvalue weighted by Crippen LogP contribution is 2.38. The number of hydrogen-bond acceptors (Lipinski definition) is 6. The van der Waals surface area contributed by atoms with Gasteiger partial charge in [0, 0.05) is 17.0 Å². The predicted octanol–water partition coefficient (Wildman–Crippen LogP) is 2.71. The topological polar surface area (TPSA) is 85.5 Å². The monoisotopic (exact) mass is 359 g/mol. The first-order chi connectivity index (χ1) is 12.0. The third-order valence-corrected chi connectivity index (χ3v) is 4.77. The van der Waals surface area contributed by atoms with E-state index in [0.29, 0.717) is 0 Å². The first-order valence-electron chi connectivity index (χ1n) is 7.82. The Morgan fingerprint density at radius 2 is 2.04 bits per heavy atom. The number of aromatic amines is 1. The van der Waals surface area contributed by atoms with Crippen LogP contribution < -0.4 is 10.3 Å². The number of carbonyl (C=O) groups is 2. The number of esters is 2. The quantitative estimate of drug-likeness (QED) is 0.667. The number of carbonyl (C=O) groups excluding carboxylic acids is 2. The molecule has 130 valence electrons. The predicted molar refractivity (Wildman–Crippen MR) is 93.3 cm³/mol. The lowest BCUT2D eigenvalue weighted by atomic mass is 9.86. The number of ether oxygens (including phenoxy) is 2. The molecule has 7 heteroatoms. The zero-order valence-electron chi connectivity index (χ0n) is 13.8. The lowest BCUT2D eigenvalue weighted by molar-refractivity contribution is -0.135. The molecule has 1 aromatic carbocycles. The second kappa shape index (κ2) is 7.14. The molecule has 1 atom stereocenters. The van der Waals surface area contributed by atoms with Crippen LogP contribution in [-0.2, 0) is 9.53 Å². The van der Waals surface area contributed by atoms with Crippen LogP contribution in [0.3, 0.4) is 0 Å². The maximum Gasteiger partial charge on any atom is 0.343 e. The van der Waals surface area contributed by atoms with Crippen LogP contribution in [0.15, 0.2) is 40.2 Å². The van der Waals surface area contributed by atoms with Crippen molar-refractivity contribution in [3.63, 3.8) is 0 Å². The van der Waals surface area contributed by atoms with Gasteiger partial charge in [0.05, 0.1) is 18.6 Å². The highest BCUT2D eigenvalue weighted by Gasteiger charge is 2.34. The number of thioether (sulfide) groups is 1. The highest BCUT2D eigenvalue weighted by atomic mass is 32.2. The third-order valence-electron chi connectivity index (χ3n) is 4.03. The van der Waals surface area contributed by atoms with Crippen molar-refractivity contribution < 1.29 is 19.1 Å². The molecule has 0 aliphatic carbocycles. The van der Waals surface area contributed by atoms with Crippen molar-refractivity contribution in [2.24, 2.45) is 0 Å². The van der Waals surface area contributed by atoms with Gasteiger partial charge in [0.15, 0.2) is 5.75 Å². The molecule has 1 aromatic heterocycles. The van der Waals surface area contributed by atoms with Crippen LogP contribution in [0.1, 0.15) is 40.7 Å². The van der Waals surface area contributed by atoms with Gasteiger partial charge in [-0.2, -0.15) is 0 Å². The van der Waals surface area contributed by atoms with Gasteiger partial charge in [-0.3, -0.25) is 9.59 Å². The van der Waals surface area contributed by atoms with Crippen LogP contribution >= 0.6 is 11.8 Å². The Kier molecular flexibility index (Phi) is 4.94. The van der Waals surface area contributed by atoms with Crippen molar-refractivity contribution >= 4 is 23.7 Å². The number of fused-ring (bicyclic) bond motifs is 1. The number of benzene rings is 1. The maximum atomic E-state index is 12.4. The number of H-pyrrole nitrogens is 1. The van der Waals surface area contributed by atoms with E-state index in [1.54, 1.807) is 18.7 Å². The van der Waals surface area contributed by atoms with E-state index in [9.17, 15) is 14.4 Å². The Bertz CT molecular complexity index is 872. The van der Waals surface area contributed by atoms with Crippen molar-refractivity contribution in [2.45, 2.75) is 24.2 Å². The Labute approximate surface area is 148 Å². The third kappa shape index (κ3) is 3.32. The van der Waals surface area contributed by atoms with E-state index in [0.717, 1.165) is 10.5 Å². The number of pyridine rings is 1. The van der Waals surface area contributed by atoms with Gasteiger partial charge < -0.3 is 14.5 Å². The first-order valence-corrected chi connectivity index (χ1v) is 9.05. The van der Waals surface area contributed by atoms with Gasteiger partial charge in [-0.25, -0.2) is 4.79 Å². The summed E-state index contributed by atoms with van der Waals surface area (Å²) in [6, 6.07) is 7.64. The van der Waals surface area contributed by atoms with E-state index in [1.807, 2.05) is 30.5 Å². The van der Waals surface area contributed by atoms with Gasteiger partial charge in [0.2, 0.25) is 0 Å². The van der Waals surface area contributed by atoms with Crippen molar-refractivity contribution in [1.29, 1.82) is 0 Å². The van der Waals surface area contributed by atoms with Crippen molar-refractivity contribution in [3.05, 3.63) is 57.5 Å². The summed E-state index contributed by atoms with van der Waals surface area (Å²) in [7, 11) is 0. The van der Waals surface area contributed by atoms with Gasteiger partial charge >= 0.3 is 11.9 Å². The van der Waals surface area contributed by atoms with Crippen LogP contribution in [0, 0.1) is 0 Å². The SMILES string of the molecule is CCOC(=O)c1c[nH]c(=O)c2c1OC(=O)C[C@@H]2c1ccc(SC)cc1. The number of hydrogen-bond donors (Lipinski definition) is 1. The summed E-state index contributed by atoms with van der Waals surface area (Å²) in [6.07, 6.45) is 3.24. The van der Waals surface area contributed by atoms with Crippen molar-refractivity contribution in [1.82, 2.24) is 4.98 Å². The minimum atomic E-state index is -0.638. The molecule has 0 bridgehead atoms. The molecule has 0 unspecified atom stereocenters. The molecule has 1 aliphatic rings. The number of rotatable bonds is 4. The molecule has 0 radical (unpaired) electrons.